The number of pyridine rings is 2. The van der Waals surface area contributed by atoms with Gasteiger partial charge in [0, 0.05) is 67.6 Å². The van der Waals surface area contributed by atoms with Gasteiger partial charge in [0.1, 0.15) is 38.7 Å². The zero-order valence-electron chi connectivity index (χ0n) is 44.3. The van der Waals surface area contributed by atoms with Gasteiger partial charge in [0.25, 0.3) is 0 Å². The zero-order chi connectivity index (χ0) is 53.8. The molecule has 0 aromatic carbocycles. The van der Waals surface area contributed by atoms with Gasteiger partial charge in [-0.2, -0.15) is 0 Å². The van der Waals surface area contributed by atoms with Crippen molar-refractivity contribution in [3.05, 3.63) is 57.3 Å². The number of nitrogens with two attached hydrogens (primary N) is 3. The molecule has 0 unspecified atom stereocenters. The number of aliphatic hydroxyl groups is 3. The topological polar surface area (TPSA) is 279 Å². The van der Waals surface area contributed by atoms with Crippen LogP contribution in [0, 0.1) is 24.7 Å². The number of piperidine rings is 2. The van der Waals surface area contributed by atoms with Gasteiger partial charge in [0.15, 0.2) is 11.6 Å². The van der Waals surface area contributed by atoms with E-state index in [2.05, 4.69) is 25.1 Å². The van der Waals surface area contributed by atoms with E-state index in [9.17, 15) is 15.0 Å². The van der Waals surface area contributed by atoms with Crippen molar-refractivity contribution in [3.8, 4) is 0 Å². The minimum Gasteiger partial charge on any atom is -0.444 e. The first-order chi connectivity index (χ1) is 35.8. The Morgan fingerprint density at radius 3 is 1.57 bits per heavy atom. The predicted octanol–water partition coefficient (Wildman–Crippen LogP) is 8.23. The quantitative estimate of drug-likeness (QED) is 0.0664. The van der Waals surface area contributed by atoms with Crippen molar-refractivity contribution < 1.29 is 34.3 Å². The highest BCUT2D eigenvalue weighted by Crippen LogP contribution is 2.51. The lowest BCUT2D eigenvalue weighted by molar-refractivity contribution is 0.0332. The molecule has 2 spiro atoms. The number of aromatic nitrogens is 6. The number of alkyl carbamates (subject to hydrolysis) is 1. The highest BCUT2D eigenvalue weighted by Gasteiger charge is 2.52. The van der Waals surface area contributed by atoms with Crippen molar-refractivity contribution in [3.63, 3.8) is 0 Å². The van der Waals surface area contributed by atoms with Gasteiger partial charge in [-0.25, -0.2) is 34.7 Å². The van der Waals surface area contributed by atoms with Crippen LogP contribution < -0.4 is 32.3 Å². The molecule has 0 bridgehead atoms. The van der Waals surface area contributed by atoms with Crippen LogP contribution in [0.25, 0.3) is 0 Å². The number of hydrogen-bond donors (Lipinski definition) is 7. The first-order valence-corrected chi connectivity index (χ1v) is 28.4. The van der Waals surface area contributed by atoms with Gasteiger partial charge in [-0.1, -0.05) is 46.7 Å². The smallest absolute Gasteiger partial charge is 0.407 e. The van der Waals surface area contributed by atoms with Crippen molar-refractivity contribution in [2.75, 3.05) is 54.6 Å². The normalized spacial score (nSPS) is 22.6. The molecule has 19 nitrogen and oxygen atoms in total. The maximum absolute atomic E-state index is 12.7. The number of rotatable bonds is 13. The molecule has 2 aliphatic heterocycles. The number of nitrogens with zero attached hydrogens (tertiary/aromatic N) is 8. The van der Waals surface area contributed by atoms with Crippen molar-refractivity contribution in [1.29, 1.82) is 0 Å². The zero-order valence-corrected chi connectivity index (χ0v) is 48.2. The summed E-state index contributed by atoms with van der Waals surface area (Å²) in [5.41, 5.74) is 20.4. The van der Waals surface area contributed by atoms with E-state index in [0.717, 1.165) is 124 Å². The minimum atomic E-state index is -0.555. The Morgan fingerprint density at radius 1 is 0.724 bits per heavy atom. The van der Waals surface area contributed by atoms with Crippen LogP contribution in [-0.4, -0.2) is 127 Å². The molecule has 2 saturated heterocycles. The van der Waals surface area contributed by atoms with Gasteiger partial charge >= 0.3 is 6.09 Å². The molecule has 4 atom stereocenters. The summed E-state index contributed by atoms with van der Waals surface area (Å²) < 4.78 is 18.1. The molecule has 0 radical (unpaired) electrons. The largest absolute Gasteiger partial charge is 0.444 e. The fraction of sp³-hybridized carbons (Fsp3) is 0.635. The van der Waals surface area contributed by atoms with E-state index >= 15 is 0 Å². The van der Waals surface area contributed by atoms with E-state index in [1.165, 1.54) is 36.4 Å². The maximum atomic E-state index is 12.7. The fourth-order valence-corrected chi connectivity index (χ4v) is 13.1. The lowest BCUT2D eigenvalue weighted by atomic mass is 9.74. The predicted molar refractivity (Wildman–Crippen MR) is 299 cm³/mol. The molecular weight excluding hydrogens is 1080 g/mol. The molecule has 24 heteroatoms. The number of ether oxygens (including phenoxy) is 3. The number of carbonyl (C=O) groups is 1. The van der Waals surface area contributed by atoms with Crippen molar-refractivity contribution in [2.45, 2.75) is 187 Å². The summed E-state index contributed by atoms with van der Waals surface area (Å²) in [6.45, 7) is 12.2. The van der Waals surface area contributed by atoms with E-state index < -0.39 is 5.60 Å². The molecule has 76 heavy (non-hydrogen) atoms. The molecule has 10 N–H and O–H groups in total. The number of halogens is 3. The van der Waals surface area contributed by atoms with Crippen molar-refractivity contribution in [1.82, 2.24) is 35.2 Å². The van der Waals surface area contributed by atoms with E-state index in [1.807, 2.05) is 34.6 Å². The molecule has 1 amide bonds. The van der Waals surface area contributed by atoms with Gasteiger partial charge < -0.3 is 61.8 Å². The van der Waals surface area contributed by atoms with Crippen LogP contribution in [0.5, 0.6) is 0 Å². The Balaban J connectivity index is 0.000000215. The summed E-state index contributed by atoms with van der Waals surface area (Å²) >= 11 is 15.4. The lowest BCUT2D eigenvalue weighted by Gasteiger charge is -2.44. The van der Waals surface area contributed by atoms with Crippen LogP contribution in [0.15, 0.2) is 44.4 Å². The first kappa shape index (κ1) is 59.9. The van der Waals surface area contributed by atoms with E-state index in [0.29, 0.717) is 55.6 Å². The van der Waals surface area contributed by atoms with Crippen LogP contribution in [0.1, 0.15) is 121 Å². The third kappa shape index (κ3) is 14.3. The van der Waals surface area contributed by atoms with E-state index in [-0.39, 0.29) is 72.4 Å². The number of carbonyl (C=O) groups excluding carboxylic acids is 1. The van der Waals surface area contributed by atoms with E-state index in [4.69, 9.17) is 79.7 Å². The number of amides is 1. The second-order valence-electron chi connectivity index (χ2n) is 21.6. The number of hydrogen-bond acceptors (Lipinski definition) is 20. The number of nitrogen functional groups attached to an aromatic ring is 2. The van der Waals surface area contributed by atoms with Crippen molar-refractivity contribution in [2.24, 2.45) is 16.6 Å². The average Bonchev–Trinajstić information content (AvgIpc) is 4.32. The third-order valence-electron chi connectivity index (χ3n) is 15.1. The van der Waals surface area contributed by atoms with Gasteiger partial charge in [-0.15, -0.1) is 12.4 Å². The number of aryl methyl sites for hydroxylation is 2. The fourth-order valence-electron chi connectivity index (χ4n) is 10.9. The Labute approximate surface area is 470 Å². The van der Waals surface area contributed by atoms with Gasteiger partial charge in [0.05, 0.1) is 59.1 Å². The molecule has 4 aromatic rings. The van der Waals surface area contributed by atoms with E-state index in [1.54, 1.807) is 24.5 Å². The third-order valence-corrected chi connectivity index (χ3v) is 18.4. The maximum Gasteiger partial charge on any atom is 0.407 e. The number of aliphatic hydroxyl groups excluding tert-OH is 3. The Kier molecular flexibility index (Phi) is 20.2. The lowest BCUT2D eigenvalue weighted by Crippen LogP contribution is -2.51. The van der Waals surface area contributed by atoms with Crippen molar-refractivity contribution >= 4 is 88.5 Å². The minimum absolute atomic E-state index is 0. The molecule has 4 saturated carbocycles. The summed E-state index contributed by atoms with van der Waals surface area (Å²) in [5.74, 6) is 1.99. The van der Waals surface area contributed by atoms with Crippen LogP contribution in [-0.2, 0) is 27.4 Å². The van der Waals surface area contributed by atoms with Crippen LogP contribution in [0.2, 0.25) is 10.0 Å². The van der Waals surface area contributed by atoms with Gasteiger partial charge in [-0.3, -0.25) is 0 Å². The molecule has 4 aromatic heterocycles. The van der Waals surface area contributed by atoms with Crippen LogP contribution in [0.4, 0.5) is 28.1 Å². The van der Waals surface area contributed by atoms with Gasteiger partial charge in [0.2, 0.25) is 0 Å². The van der Waals surface area contributed by atoms with Crippen LogP contribution in [0.3, 0.4) is 0 Å². The summed E-state index contributed by atoms with van der Waals surface area (Å²) in [6.07, 6.45) is 16.2. The second-order valence-corrected chi connectivity index (χ2v) is 24.4. The molecule has 6 heterocycles. The summed E-state index contributed by atoms with van der Waals surface area (Å²) in [5, 5.41) is 32.6. The van der Waals surface area contributed by atoms with Crippen LogP contribution >= 0.6 is 59.1 Å². The Morgan fingerprint density at radius 2 is 1.14 bits per heavy atom. The Bertz CT molecular complexity index is 2640. The molecule has 10 rings (SSSR count). The number of nitrogens with one attached hydrogen (secondary N) is 1. The second kappa shape index (κ2) is 25.6. The van der Waals surface area contributed by atoms with Gasteiger partial charge in [-0.05, 0) is 135 Å². The molecule has 418 valence electrons. The average molecular weight is 1150 g/mol. The molecule has 6 aliphatic rings. The first-order valence-electron chi connectivity index (χ1n) is 26.0. The standard InChI is InChI=1S/C28H39ClN6O4S.C23H31ClN6O2S.CH4O.ClH/c1-16-25(40-20-7-10-31-23(30)22(20)29)33-19(15-36)24(32-16)35-11-8-28(9-12-35)14-18(38-17-5-6-17)13-21(28)34-26(37)39-27(2,3)4;1-13-22(33-17-4-7-27-20(26)19(17)24)29-16(12-31)21(28-13)30-8-5-23(6-9-30)11-15(10-18(23)25)32-14-2-3-14;1-2;/h7,10,17-18,21,36H,5-6,8-9,11-15H2,1-4H3,(H2,30,31)(H,34,37);4,7,14-15,18,31H,2-3,5-6,8-12,25H2,1H3,(H2,26,27);2H,1H3;1H/t18-,21+;15-,18+;;/m00../s1. The monoisotopic (exact) mass is 1150 g/mol. The summed E-state index contributed by atoms with van der Waals surface area (Å²) in [4.78, 5) is 45.9. The number of anilines is 4. The summed E-state index contributed by atoms with van der Waals surface area (Å²) in [7, 11) is 1.00. The SMILES string of the molecule is CO.Cc1nc(N2CCC3(CC2)C[C@@H](OC2CC2)C[C@H]3N)c(CO)nc1Sc1ccnc(N)c1Cl.Cc1nc(N2CCC3(CC2)C[C@@H](OC2CC2)C[C@H]3NC(=O)OC(C)(C)C)c(CO)nc1Sc1ccnc(N)c1Cl.Cl. The molecular formula is C52H75Cl3N12O7S2. The highest BCUT2D eigenvalue weighted by molar-refractivity contribution is 7.99. The molecule has 6 fully saturated rings. The molecule has 4 aliphatic carbocycles. The summed E-state index contributed by atoms with van der Waals surface area (Å²) in [6, 6.07) is 3.75. The highest BCUT2D eigenvalue weighted by atomic mass is 35.5. The Hall–Kier alpha value is -3.74.